The van der Waals surface area contributed by atoms with Crippen molar-refractivity contribution in [3.8, 4) is 0 Å². The highest BCUT2D eigenvalue weighted by molar-refractivity contribution is 7.88. The van der Waals surface area contributed by atoms with Crippen molar-refractivity contribution in [1.82, 2.24) is 9.62 Å². The Balaban J connectivity index is 4.40. The Bertz CT molecular complexity index is 364. The van der Waals surface area contributed by atoms with Gasteiger partial charge in [0.2, 0.25) is 15.9 Å². The van der Waals surface area contributed by atoms with Gasteiger partial charge in [-0.3, -0.25) is 4.79 Å². The molecule has 114 valence electrons. The molecule has 0 bridgehead atoms. The van der Waals surface area contributed by atoms with E-state index in [1.807, 2.05) is 27.7 Å². The van der Waals surface area contributed by atoms with E-state index in [1.165, 1.54) is 10.6 Å². The number of nitrogens with zero attached hydrogens (tertiary/aromatic N) is 1. The second kappa shape index (κ2) is 8.53. The average molecular weight is 292 g/mol. The molecule has 1 atom stereocenters. The third-order valence-corrected chi connectivity index (χ3v) is 4.89. The van der Waals surface area contributed by atoms with Crippen molar-refractivity contribution in [2.24, 2.45) is 5.92 Å². The van der Waals surface area contributed by atoms with Crippen LogP contribution in [0, 0.1) is 5.92 Å². The minimum atomic E-state index is -3.22. The predicted molar refractivity (Wildman–Crippen MR) is 78.4 cm³/mol. The fraction of sp³-hybridized carbons (Fsp3) is 0.923. The van der Waals surface area contributed by atoms with Crippen molar-refractivity contribution >= 4 is 15.9 Å². The molecule has 1 unspecified atom stereocenters. The van der Waals surface area contributed by atoms with Gasteiger partial charge in [0.1, 0.15) is 0 Å². The van der Waals surface area contributed by atoms with E-state index in [9.17, 15) is 13.2 Å². The van der Waals surface area contributed by atoms with E-state index in [4.69, 9.17) is 0 Å². The van der Waals surface area contributed by atoms with Gasteiger partial charge in [-0.05, 0) is 26.2 Å². The molecule has 0 heterocycles. The second-order valence-corrected chi connectivity index (χ2v) is 6.87. The zero-order valence-electron chi connectivity index (χ0n) is 12.8. The Hall–Kier alpha value is -0.620. The quantitative estimate of drug-likeness (QED) is 0.702. The van der Waals surface area contributed by atoms with Crippen LogP contribution in [0.4, 0.5) is 0 Å². The van der Waals surface area contributed by atoms with Gasteiger partial charge in [0.05, 0.1) is 6.26 Å². The second-order valence-electron chi connectivity index (χ2n) is 4.94. The van der Waals surface area contributed by atoms with Crippen molar-refractivity contribution < 1.29 is 13.2 Å². The highest BCUT2D eigenvalue weighted by Gasteiger charge is 2.22. The van der Waals surface area contributed by atoms with Crippen LogP contribution in [0.15, 0.2) is 0 Å². The third kappa shape index (κ3) is 6.38. The van der Waals surface area contributed by atoms with Crippen LogP contribution in [0.2, 0.25) is 0 Å². The number of sulfonamides is 1. The van der Waals surface area contributed by atoms with E-state index >= 15 is 0 Å². The van der Waals surface area contributed by atoms with E-state index in [2.05, 4.69) is 5.32 Å². The minimum absolute atomic E-state index is 0.0163. The lowest BCUT2D eigenvalue weighted by Crippen LogP contribution is -2.43. The van der Waals surface area contributed by atoms with Crippen molar-refractivity contribution in [1.29, 1.82) is 0 Å². The summed E-state index contributed by atoms with van der Waals surface area (Å²) in [5.41, 5.74) is 0. The maximum Gasteiger partial charge on any atom is 0.223 e. The van der Waals surface area contributed by atoms with Crippen LogP contribution in [0.25, 0.3) is 0 Å². The fourth-order valence-corrected chi connectivity index (χ4v) is 3.24. The highest BCUT2D eigenvalue weighted by atomic mass is 32.2. The number of nitrogens with one attached hydrogen (secondary N) is 1. The maximum atomic E-state index is 11.8. The number of rotatable bonds is 9. The molecule has 0 aliphatic heterocycles. The van der Waals surface area contributed by atoms with Gasteiger partial charge >= 0.3 is 0 Å². The maximum absolute atomic E-state index is 11.8. The number of carbonyl (C=O) groups excluding carboxylic acids is 1. The monoisotopic (exact) mass is 292 g/mol. The molecule has 0 aromatic carbocycles. The molecule has 5 nitrogen and oxygen atoms in total. The van der Waals surface area contributed by atoms with Gasteiger partial charge in [-0.1, -0.05) is 20.8 Å². The van der Waals surface area contributed by atoms with Gasteiger partial charge in [0, 0.05) is 25.0 Å². The lowest BCUT2D eigenvalue weighted by molar-refractivity contribution is -0.125. The van der Waals surface area contributed by atoms with Crippen LogP contribution in [0.1, 0.15) is 47.0 Å². The third-order valence-electron chi connectivity index (χ3n) is 3.50. The van der Waals surface area contributed by atoms with Crippen LogP contribution in [-0.4, -0.2) is 44.0 Å². The normalized spacial score (nSPS) is 13.8. The molecule has 0 aromatic heterocycles. The average Bonchev–Trinajstić information content (AvgIpc) is 2.33. The first-order valence-electron chi connectivity index (χ1n) is 7.02. The molecule has 0 fully saturated rings. The summed E-state index contributed by atoms with van der Waals surface area (Å²) in [5.74, 6) is 0.0397. The molecular formula is C13H28N2O3S. The van der Waals surface area contributed by atoms with Crippen molar-refractivity contribution in [2.75, 3.05) is 19.3 Å². The van der Waals surface area contributed by atoms with Gasteiger partial charge in [0.15, 0.2) is 0 Å². The minimum Gasteiger partial charge on any atom is -0.355 e. The van der Waals surface area contributed by atoms with Gasteiger partial charge in [-0.15, -0.1) is 0 Å². The first-order valence-corrected chi connectivity index (χ1v) is 8.87. The SMILES string of the molecule is CCC(CC)C(=O)NCCN(C(C)CC)S(C)(=O)=O. The fourth-order valence-electron chi connectivity index (χ4n) is 2.01. The van der Waals surface area contributed by atoms with Crippen molar-refractivity contribution in [3.63, 3.8) is 0 Å². The Morgan fingerprint density at radius 3 is 2.05 bits per heavy atom. The van der Waals surface area contributed by atoms with Crippen LogP contribution in [-0.2, 0) is 14.8 Å². The van der Waals surface area contributed by atoms with Crippen LogP contribution < -0.4 is 5.32 Å². The van der Waals surface area contributed by atoms with Gasteiger partial charge in [-0.25, -0.2) is 8.42 Å². The number of amides is 1. The zero-order valence-corrected chi connectivity index (χ0v) is 13.6. The van der Waals surface area contributed by atoms with Gasteiger partial charge in [-0.2, -0.15) is 4.31 Å². The van der Waals surface area contributed by atoms with Crippen molar-refractivity contribution in [2.45, 2.75) is 53.0 Å². The summed E-state index contributed by atoms with van der Waals surface area (Å²) in [5, 5.41) is 2.82. The van der Waals surface area contributed by atoms with Gasteiger partial charge < -0.3 is 5.32 Å². The number of hydrogen-bond acceptors (Lipinski definition) is 3. The van der Waals surface area contributed by atoms with E-state index in [0.29, 0.717) is 13.1 Å². The Morgan fingerprint density at radius 1 is 1.16 bits per heavy atom. The molecule has 0 aliphatic rings. The van der Waals surface area contributed by atoms with Crippen molar-refractivity contribution in [3.05, 3.63) is 0 Å². The lowest BCUT2D eigenvalue weighted by Gasteiger charge is -2.26. The number of carbonyl (C=O) groups is 1. The summed E-state index contributed by atoms with van der Waals surface area (Å²) in [6, 6.07) is -0.0416. The van der Waals surface area contributed by atoms with E-state index < -0.39 is 10.0 Å². The largest absolute Gasteiger partial charge is 0.355 e. The van der Waals surface area contributed by atoms with Crippen LogP contribution in [0.5, 0.6) is 0 Å². The molecule has 1 N–H and O–H groups in total. The molecule has 6 heteroatoms. The molecule has 19 heavy (non-hydrogen) atoms. The molecule has 0 aliphatic carbocycles. The van der Waals surface area contributed by atoms with Crippen LogP contribution in [0.3, 0.4) is 0 Å². The Morgan fingerprint density at radius 2 is 1.68 bits per heavy atom. The van der Waals surface area contributed by atoms with E-state index in [-0.39, 0.29) is 17.9 Å². The van der Waals surface area contributed by atoms with Crippen LogP contribution >= 0.6 is 0 Å². The Kier molecular flexibility index (Phi) is 8.25. The summed E-state index contributed by atoms with van der Waals surface area (Å²) < 4.78 is 24.8. The summed E-state index contributed by atoms with van der Waals surface area (Å²) in [4.78, 5) is 11.8. The summed E-state index contributed by atoms with van der Waals surface area (Å²) in [6.07, 6.45) is 3.59. The summed E-state index contributed by atoms with van der Waals surface area (Å²) in [7, 11) is -3.22. The van der Waals surface area contributed by atoms with E-state index in [1.54, 1.807) is 0 Å². The Labute approximate surface area is 117 Å². The standard InChI is InChI=1S/C13H28N2O3S/c1-6-11(4)15(19(5,17)18)10-9-14-13(16)12(7-2)8-3/h11-12H,6-10H2,1-5H3,(H,14,16). The first kappa shape index (κ1) is 18.4. The number of hydrogen-bond donors (Lipinski definition) is 1. The molecule has 0 aromatic rings. The van der Waals surface area contributed by atoms with Gasteiger partial charge in [0.25, 0.3) is 0 Å². The summed E-state index contributed by atoms with van der Waals surface area (Å²) in [6.45, 7) is 8.49. The predicted octanol–water partition coefficient (Wildman–Crippen LogP) is 1.60. The molecular weight excluding hydrogens is 264 g/mol. The lowest BCUT2D eigenvalue weighted by atomic mass is 10.0. The molecule has 1 amide bonds. The smallest absolute Gasteiger partial charge is 0.223 e. The molecule has 0 radical (unpaired) electrons. The topological polar surface area (TPSA) is 66.5 Å². The molecule has 0 saturated heterocycles. The summed E-state index contributed by atoms with van der Waals surface area (Å²) >= 11 is 0. The molecule has 0 spiro atoms. The molecule has 0 saturated carbocycles. The highest BCUT2D eigenvalue weighted by Crippen LogP contribution is 2.09. The first-order chi connectivity index (χ1) is 8.77. The zero-order chi connectivity index (χ0) is 15.1. The molecule has 0 rings (SSSR count). The van der Waals surface area contributed by atoms with E-state index in [0.717, 1.165) is 19.3 Å².